The molecule has 9 heteroatoms. The molecule has 0 spiro atoms. The van der Waals surface area contributed by atoms with Crippen molar-refractivity contribution in [1.29, 1.82) is 0 Å². The molecule has 1 aromatic heterocycles. The maximum absolute atomic E-state index is 12.3. The Bertz CT molecular complexity index is 1250. The number of rotatable bonds is 7. The average molecular weight is 450 g/mol. The zero-order chi connectivity index (χ0) is 23.1. The van der Waals surface area contributed by atoms with Crippen molar-refractivity contribution >= 4 is 34.2 Å². The van der Waals surface area contributed by atoms with E-state index in [1.54, 1.807) is 12.1 Å². The summed E-state index contributed by atoms with van der Waals surface area (Å²) < 4.78 is 16.3. The van der Waals surface area contributed by atoms with Crippen LogP contribution in [0, 0.1) is 5.92 Å². The molecule has 0 bridgehead atoms. The standard InChI is InChI=1S/C24H26N4O5/c1-31-17-6-5-13(9-15(17)24(30)32-2)20-22-19-16(28-20)10-14(11-18(19)33-8-7-26-22)27-21(23(25)29)12-3-4-12/h5-6,9-12,21,26-28H,3-4,7-8H2,1-2H3,(H2,25,29)/t21-/m0/s1. The third-order valence-electron chi connectivity index (χ3n) is 6.14. The molecule has 5 rings (SSSR count). The number of primary amides is 1. The van der Waals surface area contributed by atoms with Crippen LogP contribution in [0.2, 0.25) is 0 Å². The van der Waals surface area contributed by atoms with Crippen LogP contribution in [0.5, 0.6) is 11.5 Å². The second kappa shape index (κ2) is 8.23. The number of aromatic amines is 1. The molecule has 33 heavy (non-hydrogen) atoms. The molecule has 2 aromatic carbocycles. The van der Waals surface area contributed by atoms with Gasteiger partial charge < -0.3 is 35.6 Å². The van der Waals surface area contributed by atoms with E-state index >= 15 is 0 Å². The number of nitrogens with two attached hydrogens (primary N) is 1. The van der Waals surface area contributed by atoms with Crippen molar-refractivity contribution in [3.63, 3.8) is 0 Å². The van der Waals surface area contributed by atoms with Gasteiger partial charge in [-0.3, -0.25) is 4.79 Å². The molecule has 1 saturated carbocycles. The minimum Gasteiger partial charge on any atom is -0.496 e. The number of anilines is 2. The van der Waals surface area contributed by atoms with Crippen LogP contribution < -0.4 is 25.8 Å². The zero-order valence-electron chi connectivity index (χ0n) is 18.5. The first-order chi connectivity index (χ1) is 16.0. The fourth-order valence-corrected chi connectivity index (χ4v) is 4.38. The number of aromatic nitrogens is 1. The smallest absolute Gasteiger partial charge is 0.341 e. The van der Waals surface area contributed by atoms with E-state index in [9.17, 15) is 9.59 Å². The molecular weight excluding hydrogens is 424 g/mol. The summed E-state index contributed by atoms with van der Waals surface area (Å²) in [6.45, 7) is 1.11. The van der Waals surface area contributed by atoms with Crippen LogP contribution in [0.3, 0.4) is 0 Å². The summed E-state index contributed by atoms with van der Waals surface area (Å²) in [4.78, 5) is 27.7. The highest BCUT2D eigenvalue weighted by molar-refractivity contribution is 6.07. The highest BCUT2D eigenvalue weighted by Gasteiger charge is 2.35. The highest BCUT2D eigenvalue weighted by atomic mass is 16.5. The summed E-state index contributed by atoms with van der Waals surface area (Å²) in [5.74, 6) is 0.585. The van der Waals surface area contributed by atoms with Gasteiger partial charge in [-0.15, -0.1) is 0 Å². The van der Waals surface area contributed by atoms with Gasteiger partial charge in [0.15, 0.2) is 0 Å². The van der Waals surface area contributed by atoms with Crippen molar-refractivity contribution in [2.75, 3.05) is 38.0 Å². The number of benzene rings is 2. The minimum absolute atomic E-state index is 0.269. The van der Waals surface area contributed by atoms with E-state index in [-0.39, 0.29) is 11.8 Å². The molecule has 1 fully saturated rings. The van der Waals surface area contributed by atoms with Crippen LogP contribution in [-0.2, 0) is 9.53 Å². The molecule has 1 aliphatic carbocycles. The van der Waals surface area contributed by atoms with E-state index < -0.39 is 12.0 Å². The highest BCUT2D eigenvalue weighted by Crippen LogP contribution is 2.44. The zero-order valence-corrected chi connectivity index (χ0v) is 18.5. The Labute approximate surface area is 190 Å². The van der Waals surface area contributed by atoms with E-state index in [4.69, 9.17) is 19.9 Å². The number of nitrogens with one attached hydrogen (secondary N) is 3. The summed E-state index contributed by atoms with van der Waals surface area (Å²) in [5, 5.41) is 7.64. The lowest BCUT2D eigenvalue weighted by Gasteiger charge is -2.17. The first-order valence-corrected chi connectivity index (χ1v) is 10.9. The van der Waals surface area contributed by atoms with Gasteiger partial charge in [0.25, 0.3) is 0 Å². The molecule has 1 aliphatic heterocycles. The number of hydrogen-bond donors (Lipinski definition) is 4. The second-order valence-electron chi connectivity index (χ2n) is 8.32. The SMILES string of the molecule is COC(=O)c1cc(-c2[nH]c3cc(N[C@H](C(N)=O)C4CC4)cc4c3c2NCCO4)ccc1OC. The van der Waals surface area contributed by atoms with Gasteiger partial charge in [-0.25, -0.2) is 4.79 Å². The lowest BCUT2D eigenvalue weighted by atomic mass is 10.0. The number of carbonyl (C=O) groups excluding carboxylic acids is 2. The number of esters is 1. The van der Waals surface area contributed by atoms with Gasteiger partial charge in [0.05, 0.1) is 36.5 Å². The van der Waals surface area contributed by atoms with Gasteiger partial charge in [-0.05, 0) is 43.0 Å². The molecule has 0 unspecified atom stereocenters. The molecule has 1 atom stereocenters. The van der Waals surface area contributed by atoms with Crippen LogP contribution in [-0.4, -0.2) is 50.3 Å². The number of methoxy groups -OCH3 is 2. The summed E-state index contributed by atoms with van der Waals surface area (Å²) >= 11 is 0. The average Bonchev–Trinajstić information content (AvgIpc) is 3.62. The normalized spacial score (nSPS) is 15.7. The first kappa shape index (κ1) is 21.0. The number of hydrogen-bond acceptors (Lipinski definition) is 7. The number of H-pyrrole nitrogens is 1. The third-order valence-corrected chi connectivity index (χ3v) is 6.14. The Morgan fingerprint density at radius 3 is 2.73 bits per heavy atom. The van der Waals surface area contributed by atoms with Crippen LogP contribution in [0.1, 0.15) is 23.2 Å². The van der Waals surface area contributed by atoms with Crippen molar-refractivity contribution in [3.05, 3.63) is 35.9 Å². The van der Waals surface area contributed by atoms with E-state index in [0.717, 1.165) is 46.4 Å². The van der Waals surface area contributed by atoms with Crippen molar-refractivity contribution in [2.24, 2.45) is 11.7 Å². The van der Waals surface area contributed by atoms with Gasteiger partial charge in [0.1, 0.15) is 29.7 Å². The molecule has 0 radical (unpaired) electrons. The maximum Gasteiger partial charge on any atom is 0.341 e. The van der Waals surface area contributed by atoms with Gasteiger partial charge in [0, 0.05) is 23.9 Å². The predicted octanol–water partition coefficient (Wildman–Crippen LogP) is 3.11. The Hall–Kier alpha value is -3.88. The molecular formula is C24H26N4O5. The molecule has 9 nitrogen and oxygen atoms in total. The lowest BCUT2D eigenvalue weighted by molar-refractivity contribution is -0.119. The first-order valence-electron chi connectivity index (χ1n) is 10.9. The number of ether oxygens (including phenoxy) is 3. The van der Waals surface area contributed by atoms with E-state index in [0.29, 0.717) is 30.2 Å². The molecule has 0 saturated heterocycles. The maximum atomic E-state index is 12.3. The van der Waals surface area contributed by atoms with Crippen LogP contribution in [0.4, 0.5) is 11.4 Å². The van der Waals surface area contributed by atoms with Crippen LogP contribution >= 0.6 is 0 Å². The van der Waals surface area contributed by atoms with Crippen LogP contribution in [0.15, 0.2) is 30.3 Å². The largest absolute Gasteiger partial charge is 0.496 e. The van der Waals surface area contributed by atoms with E-state index in [1.807, 2.05) is 18.2 Å². The fraction of sp³-hybridized carbons (Fsp3) is 0.333. The summed E-state index contributed by atoms with van der Waals surface area (Å²) in [6.07, 6.45) is 1.99. The molecule has 3 aromatic rings. The molecule has 2 aliphatic rings. The van der Waals surface area contributed by atoms with Gasteiger partial charge in [-0.2, -0.15) is 0 Å². The Kier molecular flexibility index (Phi) is 5.24. The summed E-state index contributed by atoms with van der Waals surface area (Å²) in [7, 11) is 2.85. The Balaban J connectivity index is 1.61. The second-order valence-corrected chi connectivity index (χ2v) is 8.32. The van der Waals surface area contributed by atoms with Crippen molar-refractivity contribution in [3.8, 4) is 22.8 Å². The Morgan fingerprint density at radius 2 is 2.03 bits per heavy atom. The topological polar surface area (TPSA) is 128 Å². The van der Waals surface area contributed by atoms with Crippen LogP contribution in [0.25, 0.3) is 22.2 Å². The molecule has 1 amide bonds. The number of carbonyl (C=O) groups is 2. The Morgan fingerprint density at radius 1 is 1.21 bits per heavy atom. The summed E-state index contributed by atoms with van der Waals surface area (Å²) in [5.41, 5.74) is 10.1. The fourth-order valence-electron chi connectivity index (χ4n) is 4.38. The monoisotopic (exact) mass is 450 g/mol. The quantitative estimate of drug-likeness (QED) is 0.407. The number of amides is 1. The van der Waals surface area contributed by atoms with Gasteiger partial charge in [-0.1, -0.05) is 0 Å². The lowest BCUT2D eigenvalue weighted by Crippen LogP contribution is -2.37. The molecule has 2 heterocycles. The molecule has 5 N–H and O–H groups in total. The minimum atomic E-state index is -0.475. The molecule has 172 valence electrons. The van der Waals surface area contributed by atoms with E-state index in [2.05, 4.69) is 15.6 Å². The van der Waals surface area contributed by atoms with Crippen molar-refractivity contribution in [2.45, 2.75) is 18.9 Å². The van der Waals surface area contributed by atoms with Crippen molar-refractivity contribution in [1.82, 2.24) is 4.98 Å². The summed E-state index contributed by atoms with van der Waals surface area (Å²) in [6, 6.07) is 8.82. The predicted molar refractivity (Wildman–Crippen MR) is 125 cm³/mol. The van der Waals surface area contributed by atoms with Gasteiger partial charge in [0.2, 0.25) is 5.91 Å². The van der Waals surface area contributed by atoms with E-state index in [1.165, 1.54) is 14.2 Å². The third kappa shape index (κ3) is 3.79. The van der Waals surface area contributed by atoms with Crippen molar-refractivity contribution < 1.29 is 23.8 Å². The van der Waals surface area contributed by atoms with Gasteiger partial charge >= 0.3 is 5.97 Å².